The second-order valence-electron chi connectivity index (χ2n) is 5.09. The highest BCUT2D eigenvalue weighted by atomic mass is 32.2. The standard InChI is InChI=1S/C15H19N3S2/c1-10-9-17-15-13(10)3-2-4-14(15)18-20-12-7-5-11(19-16)6-8-12/h2-5,7,9,11-12,17-18H,6,8,16H2,1H3. The van der Waals surface area contributed by atoms with E-state index in [-0.39, 0.29) is 0 Å². The van der Waals surface area contributed by atoms with Gasteiger partial charge in [-0.3, -0.25) is 5.14 Å². The number of nitrogens with one attached hydrogen (secondary N) is 2. The van der Waals surface area contributed by atoms with Crippen LogP contribution >= 0.6 is 23.9 Å². The van der Waals surface area contributed by atoms with Gasteiger partial charge in [-0.1, -0.05) is 36.2 Å². The van der Waals surface area contributed by atoms with Crippen LogP contribution in [0.3, 0.4) is 0 Å². The summed E-state index contributed by atoms with van der Waals surface area (Å²) in [5, 5.41) is 7.91. The van der Waals surface area contributed by atoms with Crippen LogP contribution in [0.15, 0.2) is 36.5 Å². The molecule has 2 atom stereocenters. The van der Waals surface area contributed by atoms with Crippen molar-refractivity contribution in [2.45, 2.75) is 30.3 Å². The Bertz CT molecular complexity index is 621. The minimum Gasteiger partial charge on any atom is -0.359 e. The van der Waals surface area contributed by atoms with Gasteiger partial charge in [0.1, 0.15) is 0 Å². The van der Waals surface area contributed by atoms with E-state index in [0.29, 0.717) is 10.5 Å². The Kier molecular flexibility index (Phi) is 4.29. The molecule has 0 bridgehead atoms. The van der Waals surface area contributed by atoms with Gasteiger partial charge in [-0.05, 0) is 43.3 Å². The van der Waals surface area contributed by atoms with Crippen LogP contribution in [0, 0.1) is 6.92 Å². The summed E-state index contributed by atoms with van der Waals surface area (Å²) in [5.74, 6) is 0. The molecule has 0 radical (unpaired) electrons. The van der Waals surface area contributed by atoms with Gasteiger partial charge in [-0.15, -0.1) is 0 Å². The molecule has 20 heavy (non-hydrogen) atoms. The minimum atomic E-state index is 0.487. The third-order valence-corrected chi connectivity index (χ3v) is 5.47. The summed E-state index contributed by atoms with van der Waals surface area (Å²) in [6, 6.07) is 6.38. The molecule has 2 aromatic rings. The number of rotatable bonds is 4. The number of para-hydroxylation sites is 1. The molecule has 0 saturated carbocycles. The molecule has 0 fully saturated rings. The van der Waals surface area contributed by atoms with E-state index in [1.165, 1.54) is 34.8 Å². The lowest BCUT2D eigenvalue weighted by atomic mass is 10.1. The Morgan fingerprint density at radius 2 is 2.05 bits per heavy atom. The topological polar surface area (TPSA) is 53.8 Å². The molecule has 2 unspecified atom stereocenters. The molecule has 1 aliphatic carbocycles. The fourth-order valence-electron chi connectivity index (χ4n) is 2.50. The fourth-order valence-corrected chi connectivity index (χ4v) is 3.82. The highest BCUT2D eigenvalue weighted by Crippen LogP contribution is 2.31. The molecule has 5 heteroatoms. The van der Waals surface area contributed by atoms with Crippen molar-refractivity contribution in [3.8, 4) is 0 Å². The first-order valence-corrected chi connectivity index (χ1v) is 8.62. The Balaban J connectivity index is 1.69. The molecule has 4 N–H and O–H groups in total. The summed E-state index contributed by atoms with van der Waals surface area (Å²) in [7, 11) is 0. The quantitative estimate of drug-likeness (QED) is 0.584. The molecule has 1 aliphatic rings. The minimum absolute atomic E-state index is 0.487. The Hall–Kier alpha value is -1.04. The SMILES string of the molecule is Cc1c[nH]c2c(NSC3C=CC(SN)CC3)cccc12. The van der Waals surface area contributed by atoms with Gasteiger partial charge < -0.3 is 9.71 Å². The number of hydrogen-bond acceptors (Lipinski definition) is 4. The average Bonchev–Trinajstić information content (AvgIpc) is 2.88. The molecular weight excluding hydrogens is 286 g/mol. The molecule has 0 spiro atoms. The first-order chi connectivity index (χ1) is 9.78. The zero-order chi connectivity index (χ0) is 13.9. The molecule has 106 valence electrons. The Morgan fingerprint density at radius 3 is 2.80 bits per heavy atom. The smallest absolute Gasteiger partial charge is 0.0700 e. The lowest BCUT2D eigenvalue weighted by molar-refractivity contribution is 0.753. The van der Waals surface area contributed by atoms with Crippen LogP contribution in [0.5, 0.6) is 0 Å². The number of H-pyrrole nitrogens is 1. The molecule has 1 aromatic heterocycles. The van der Waals surface area contributed by atoms with Gasteiger partial charge in [0.05, 0.1) is 11.2 Å². The first kappa shape index (κ1) is 13.9. The van der Waals surface area contributed by atoms with Crippen LogP contribution in [-0.4, -0.2) is 15.5 Å². The van der Waals surface area contributed by atoms with Gasteiger partial charge in [-0.25, -0.2) is 0 Å². The van der Waals surface area contributed by atoms with Crippen LogP contribution in [0.25, 0.3) is 10.9 Å². The third kappa shape index (κ3) is 2.85. The second-order valence-corrected chi connectivity index (χ2v) is 7.02. The van der Waals surface area contributed by atoms with Gasteiger partial charge >= 0.3 is 0 Å². The largest absolute Gasteiger partial charge is 0.359 e. The third-order valence-electron chi connectivity index (χ3n) is 3.69. The van der Waals surface area contributed by atoms with Gasteiger partial charge in [-0.2, -0.15) is 0 Å². The van der Waals surface area contributed by atoms with Crippen molar-refractivity contribution in [1.29, 1.82) is 0 Å². The monoisotopic (exact) mass is 305 g/mol. The highest BCUT2D eigenvalue weighted by Gasteiger charge is 2.16. The fraction of sp³-hybridized carbons (Fsp3) is 0.333. The summed E-state index contributed by atoms with van der Waals surface area (Å²) >= 11 is 3.23. The maximum atomic E-state index is 5.62. The van der Waals surface area contributed by atoms with E-state index >= 15 is 0 Å². The molecule has 0 aliphatic heterocycles. The summed E-state index contributed by atoms with van der Waals surface area (Å²) in [4.78, 5) is 3.35. The summed E-state index contributed by atoms with van der Waals surface area (Å²) in [6.45, 7) is 2.13. The number of aromatic nitrogens is 1. The number of hydrogen-bond donors (Lipinski definition) is 3. The number of anilines is 1. The van der Waals surface area contributed by atoms with Crippen molar-refractivity contribution in [1.82, 2.24) is 4.98 Å². The average molecular weight is 305 g/mol. The second kappa shape index (κ2) is 6.16. The normalized spacial score (nSPS) is 22.3. The van der Waals surface area contributed by atoms with Crippen molar-refractivity contribution >= 4 is 40.5 Å². The maximum Gasteiger partial charge on any atom is 0.0700 e. The van der Waals surface area contributed by atoms with Crippen molar-refractivity contribution in [3.63, 3.8) is 0 Å². The van der Waals surface area contributed by atoms with Gasteiger partial charge in [0.25, 0.3) is 0 Å². The Morgan fingerprint density at radius 1 is 1.25 bits per heavy atom. The van der Waals surface area contributed by atoms with Crippen LogP contribution in [0.1, 0.15) is 18.4 Å². The highest BCUT2D eigenvalue weighted by molar-refractivity contribution is 8.01. The van der Waals surface area contributed by atoms with E-state index < -0.39 is 0 Å². The molecule has 1 heterocycles. The lowest BCUT2D eigenvalue weighted by Crippen LogP contribution is -2.14. The number of aryl methyl sites for hydroxylation is 1. The molecular formula is C15H19N3S2. The van der Waals surface area contributed by atoms with E-state index in [2.05, 4.69) is 53.2 Å². The summed E-state index contributed by atoms with van der Waals surface area (Å²) < 4.78 is 3.50. The number of aromatic amines is 1. The van der Waals surface area contributed by atoms with Crippen molar-refractivity contribution in [3.05, 3.63) is 42.1 Å². The predicted octanol–water partition coefficient (Wildman–Crippen LogP) is 4.23. The first-order valence-electron chi connectivity index (χ1n) is 6.80. The molecule has 0 amide bonds. The van der Waals surface area contributed by atoms with Crippen molar-refractivity contribution in [2.24, 2.45) is 5.14 Å². The van der Waals surface area contributed by atoms with E-state index in [1.54, 1.807) is 11.9 Å². The molecule has 1 aromatic carbocycles. The van der Waals surface area contributed by atoms with E-state index in [0.717, 1.165) is 12.1 Å². The zero-order valence-electron chi connectivity index (χ0n) is 11.4. The summed E-state index contributed by atoms with van der Waals surface area (Å²) in [5.41, 5.74) is 3.63. The van der Waals surface area contributed by atoms with E-state index in [4.69, 9.17) is 5.14 Å². The van der Waals surface area contributed by atoms with Crippen molar-refractivity contribution < 1.29 is 0 Å². The zero-order valence-corrected chi connectivity index (χ0v) is 13.1. The van der Waals surface area contributed by atoms with Gasteiger partial charge in [0.2, 0.25) is 0 Å². The molecule has 0 saturated heterocycles. The van der Waals surface area contributed by atoms with E-state index in [1.807, 2.05) is 0 Å². The lowest BCUT2D eigenvalue weighted by Gasteiger charge is -2.21. The van der Waals surface area contributed by atoms with Gasteiger partial charge in [0.15, 0.2) is 0 Å². The van der Waals surface area contributed by atoms with Crippen LogP contribution in [0.4, 0.5) is 5.69 Å². The molecule has 3 rings (SSSR count). The van der Waals surface area contributed by atoms with Crippen LogP contribution in [-0.2, 0) is 0 Å². The van der Waals surface area contributed by atoms with Crippen LogP contribution in [0.2, 0.25) is 0 Å². The van der Waals surface area contributed by atoms with Gasteiger partial charge in [0, 0.05) is 22.1 Å². The Labute approximate surface area is 128 Å². The summed E-state index contributed by atoms with van der Waals surface area (Å²) in [6.07, 6.45) is 8.88. The predicted molar refractivity (Wildman–Crippen MR) is 92.0 cm³/mol. The van der Waals surface area contributed by atoms with E-state index in [9.17, 15) is 0 Å². The maximum absolute atomic E-state index is 5.62. The van der Waals surface area contributed by atoms with Crippen molar-refractivity contribution in [2.75, 3.05) is 4.72 Å². The number of benzene rings is 1. The molecule has 3 nitrogen and oxygen atoms in total. The number of nitrogens with two attached hydrogens (primary N) is 1. The number of fused-ring (bicyclic) bond motifs is 1. The van der Waals surface area contributed by atoms with Crippen LogP contribution < -0.4 is 9.86 Å².